The van der Waals surface area contributed by atoms with Crippen LogP contribution in [0.5, 0.6) is 17.2 Å². The molecule has 1 fully saturated rings. The number of nitrogens with one attached hydrogen (secondary N) is 1. The fourth-order valence-corrected chi connectivity index (χ4v) is 4.20. The van der Waals surface area contributed by atoms with Gasteiger partial charge in [0.05, 0.1) is 33.2 Å². The van der Waals surface area contributed by atoms with Gasteiger partial charge in [-0.25, -0.2) is 9.69 Å². The average molecular weight is 618 g/mol. The van der Waals surface area contributed by atoms with Crippen LogP contribution in [0.15, 0.2) is 64.6 Å². The second-order valence-electron chi connectivity index (χ2n) is 7.74. The van der Waals surface area contributed by atoms with Crippen molar-refractivity contribution < 1.29 is 33.7 Å². The van der Waals surface area contributed by atoms with Crippen LogP contribution in [-0.2, 0) is 9.59 Å². The molecule has 4 rings (SSSR count). The van der Waals surface area contributed by atoms with Gasteiger partial charge in [-0.3, -0.25) is 35.1 Å². The van der Waals surface area contributed by atoms with E-state index >= 15 is 0 Å². The number of ether oxygens (including phenoxy) is 2. The van der Waals surface area contributed by atoms with Crippen LogP contribution in [0.3, 0.4) is 0 Å². The molecule has 0 bridgehead atoms. The topological polar surface area (TPSA) is 171 Å². The quantitative estimate of drug-likeness (QED) is 0.158. The molecule has 3 aromatic rings. The summed E-state index contributed by atoms with van der Waals surface area (Å²) in [6.07, 6.45) is 1.22. The number of imide groups is 2. The first-order chi connectivity index (χ1) is 18.5. The van der Waals surface area contributed by atoms with Crippen molar-refractivity contribution in [3.05, 3.63) is 95.5 Å². The molecule has 0 atom stereocenters. The average Bonchev–Trinajstić information content (AvgIpc) is 2.88. The number of carbonyl (C=O) groups is 3. The van der Waals surface area contributed by atoms with Crippen LogP contribution in [0.25, 0.3) is 6.08 Å². The van der Waals surface area contributed by atoms with Crippen molar-refractivity contribution in [3.63, 3.8) is 0 Å². The van der Waals surface area contributed by atoms with Crippen molar-refractivity contribution in [1.29, 1.82) is 0 Å². The monoisotopic (exact) mass is 616 g/mol. The molecule has 0 unspecified atom stereocenters. The molecule has 4 amide bonds. The fourth-order valence-electron chi connectivity index (χ4n) is 3.53. The highest BCUT2D eigenvalue weighted by Gasteiger charge is 2.37. The van der Waals surface area contributed by atoms with Gasteiger partial charge < -0.3 is 9.47 Å². The summed E-state index contributed by atoms with van der Waals surface area (Å²) in [5.74, 6) is -2.09. The number of hydrogen-bond acceptors (Lipinski definition) is 9. The summed E-state index contributed by atoms with van der Waals surface area (Å²) >= 11 is 9.16. The molecular weight excluding hydrogens is 604 g/mol. The zero-order valence-electron chi connectivity index (χ0n) is 19.5. The maximum absolute atomic E-state index is 13.1. The van der Waals surface area contributed by atoms with Crippen LogP contribution in [-0.4, -0.2) is 34.8 Å². The summed E-state index contributed by atoms with van der Waals surface area (Å²) in [6, 6.07) is 10.6. The molecule has 0 radical (unpaired) electrons. The van der Waals surface area contributed by atoms with Crippen LogP contribution >= 0.6 is 27.5 Å². The van der Waals surface area contributed by atoms with Gasteiger partial charge in [0.15, 0.2) is 11.5 Å². The SMILES string of the molecule is COc1cc(/C=C2\C(=O)NC(=O)N(c3ccc(Cl)cc3)C2=O)cc(Br)c1Oc1ccc([N+](=O)[O-])cc1[N+](=O)[O-]. The first-order valence-corrected chi connectivity index (χ1v) is 11.8. The number of amides is 4. The van der Waals surface area contributed by atoms with Crippen LogP contribution in [0.4, 0.5) is 21.9 Å². The fraction of sp³-hybridized carbons (Fsp3) is 0.0417. The normalized spacial score (nSPS) is 14.3. The summed E-state index contributed by atoms with van der Waals surface area (Å²) in [6.45, 7) is 0. The molecule has 3 aromatic carbocycles. The molecule has 13 nitrogen and oxygen atoms in total. The summed E-state index contributed by atoms with van der Waals surface area (Å²) in [5, 5.41) is 25.0. The molecule has 1 aliphatic heterocycles. The smallest absolute Gasteiger partial charge is 0.335 e. The first-order valence-electron chi connectivity index (χ1n) is 10.7. The molecule has 15 heteroatoms. The largest absolute Gasteiger partial charge is 0.493 e. The molecular formula is C24H14BrClN4O9. The minimum atomic E-state index is -0.934. The minimum Gasteiger partial charge on any atom is -0.493 e. The van der Waals surface area contributed by atoms with E-state index in [1.807, 2.05) is 0 Å². The molecule has 0 aromatic heterocycles. The zero-order chi connectivity index (χ0) is 28.4. The van der Waals surface area contributed by atoms with E-state index in [2.05, 4.69) is 21.2 Å². The molecule has 0 aliphatic carbocycles. The van der Waals surface area contributed by atoms with E-state index in [1.54, 1.807) is 0 Å². The van der Waals surface area contributed by atoms with Crippen LogP contribution in [0.1, 0.15) is 5.56 Å². The van der Waals surface area contributed by atoms with E-state index in [-0.39, 0.29) is 38.5 Å². The Kier molecular flexibility index (Phi) is 7.60. The van der Waals surface area contributed by atoms with Crippen molar-refractivity contribution >= 4 is 68.5 Å². The summed E-state index contributed by atoms with van der Waals surface area (Å²) in [7, 11) is 1.29. The number of non-ortho nitro benzene ring substituents is 1. The minimum absolute atomic E-state index is 0.0195. The number of methoxy groups -OCH3 is 1. The number of hydrogen-bond donors (Lipinski definition) is 1. The van der Waals surface area contributed by atoms with Crippen molar-refractivity contribution in [1.82, 2.24) is 5.32 Å². The summed E-state index contributed by atoms with van der Waals surface area (Å²) in [4.78, 5) is 59.7. The second kappa shape index (κ2) is 10.9. The highest BCUT2D eigenvalue weighted by Crippen LogP contribution is 2.43. The molecule has 1 N–H and O–H groups in total. The van der Waals surface area contributed by atoms with E-state index in [1.165, 1.54) is 49.6 Å². The molecule has 1 heterocycles. The third-order valence-corrected chi connectivity index (χ3v) is 6.15. The third-order valence-electron chi connectivity index (χ3n) is 5.31. The Hall–Kier alpha value is -4.82. The maximum atomic E-state index is 13.1. The summed E-state index contributed by atoms with van der Waals surface area (Å²) in [5.41, 5.74) is -1.05. The Labute approximate surface area is 232 Å². The predicted octanol–water partition coefficient (Wildman–Crippen LogP) is 5.39. The van der Waals surface area contributed by atoms with Crippen molar-refractivity contribution in [2.45, 2.75) is 0 Å². The van der Waals surface area contributed by atoms with E-state index in [0.717, 1.165) is 23.1 Å². The Morgan fingerprint density at radius 2 is 1.67 bits per heavy atom. The number of carbonyl (C=O) groups excluding carboxylic acids is 3. The van der Waals surface area contributed by atoms with Gasteiger partial charge in [-0.1, -0.05) is 11.6 Å². The lowest BCUT2D eigenvalue weighted by Crippen LogP contribution is -2.54. The van der Waals surface area contributed by atoms with Gasteiger partial charge in [0.25, 0.3) is 17.5 Å². The Morgan fingerprint density at radius 1 is 0.974 bits per heavy atom. The summed E-state index contributed by atoms with van der Waals surface area (Å²) < 4.78 is 11.2. The van der Waals surface area contributed by atoms with E-state index in [0.29, 0.717) is 5.02 Å². The number of nitro benzene ring substituents is 2. The Morgan fingerprint density at radius 3 is 2.28 bits per heavy atom. The molecule has 1 aliphatic rings. The van der Waals surface area contributed by atoms with E-state index < -0.39 is 39.1 Å². The number of rotatable bonds is 7. The number of anilines is 1. The highest BCUT2D eigenvalue weighted by atomic mass is 79.9. The van der Waals surface area contributed by atoms with Crippen molar-refractivity contribution in [2.24, 2.45) is 0 Å². The predicted molar refractivity (Wildman–Crippen MR) is 141 cm³/mol. The molecule has 0 spiro atoms. The molecule has 0 saturated carbocycles. The van der Waals surface area contributed by atoms with Gasteiger partial charge in [-0.2, -0.15) is 0 Å². The number of halogens is 2. The molecule has 1 saturated heterocycles. The third kappa shape index (κ3) is 5.56. The van der Waals surface area contributed by atoms with Crippen molar-refractivity contribution in [2.75, 3.05) is 12.0 Å². The van der Waals surface area contributed by atoms with Gasteiger partial charge in [0.1, 0.15) is 5.57 Å². The van der Waals surface area contributed by atoms with Gasteiger partial charge in [-0.05, 0) is 70.0 Å². The lowest BCUT2D eigenvalue weighted by atomic mass is 10.1. The number of benzene rings is 3. The lowest BCUT2D eigenvalue weighted by molar-refractivity contribution is -0.394. The standard InChI is InChI=1S/C24H14BrClN4O9/c1-38-20-10-12(8-16-22(31)27-24(33)28(23(16)32)14-4-2-13(26)3-5-14)9-17(25)21(20)39-19-7-6-15(29(34)35)11-18(19)30(36)37/h2-11H,1H3,(H,27,31,33)/b16-8+. The first kappa shape index (κ1) is 27.2. The van der Waals surface area contributed by atoms with Crippen LogP contribution in [0.2, 0.25) is 5.02 Å². The lowest BCUT2D eigenvalue weighted by Gasteiger charge is -2.26. The zero-order valence-corrected chi connectivity index (χ0v) is 21.9. The molecule has 39 heavy (non-hydrogen) atoms. The van der Waals surface area contributed by atoms with Crippen molar-refractivity contribution in [3.8, 4) is 17.2 Å². The van der Waals surface area contributed by atoms with Gasteiger partial charge in [0, 0.05) is 11.1 Å². The van der Waals surface area contributed by atoms with Gasteiger partial charge >= 0.3 is 11.7 Å². The maximum Gasteiger partial charge on any atom is 0.335 e. The van der Waals surface area contributed by atoms with Crippen LogP contribution < -0.4 is 19.7 Å². The van der Waals surface area contributed by atoms with Crippen LogP contribution in [0, 0.1) is 20.2 Å². The van der Waals surface area contributed by atoms with E-state index in [4.69, 9.17) is 21.1 Å². The Bertz CT molecular complexity index is 1590. The number of barbiturate groups is 1. The number of nitro groups is 2. The van der Waals surface area contributed by atoms with E-state index in [9.17, 15) is 34.6 Å². The molecule has 198 valence electrons. The highest BCUT2D eigenvalue weighted by molar-refractivity contribution is 9.10. The van der Waals surface area contributed by atoms with Gasteiger partial charge in [-0.15, -0.1) is 0 Å². The van der Waals surface area contributed by atoms with Gasteiger partial charge in [0.2, 0.25) is 5.75 Å². The number of nitrogens with zero attached hydrogens (tertiary/aromatic N) is 3. The Balaban J connectivity index is 1.71. The number of urea groups is 1. The second-order valence-corrected chi connectivity index (χ2v) is 9.03.